The van der Waals surface area contributed by atoms with Crippen LogP contribution in [0, 0.1) is 0 Å². The average molecular weight is 319 g/mol. The van der Waals surface area contributed by atoms with Crippen molar-refractivity contribution < 1.29 is 9.90 Å². The molecule has 1 aromatic carbocycles. The Balaban J connectivity index is 2.64. The summed E-state index contributed by atoms with van der Waals surface area (Å²) in [6, 6.07) is 7.54. The summed E-state index contributed by atoms with van der Waals surface area (Å²) in [6.07, 6.45) is 0.532. The Labute approximate surface area is 129 Å². The maximum absolute atomic E-state index is 10.6. The lowest BCUT2D eigenvalue weighted by Gasteiger charge is -2.23. The van der Waals surface area contributed by atoms with Crippen molar-refractivity contribution in [2.75, 3.05) is 29.7 Å². The van der Waals surface area contributed by atoms with E-state index in [0.29, 0.717) is 18.2 Å². The SMILES string of the molecule is N[C@H](CC(=O)O)Cc1ccc(N(CCCl)CCCl)cc1. The van der Waals surface area contributed by atoms with E-state index in [1.807, 2.05) is 24.3 Å². The zero-order chi connectivity index (χ0) is 15.0. The number of anilines is 1. The summed E-state index contributed by atoms with van der Waals surface area (Å²) in [6.45, 7) is 1.48. The van der Waals surface area contributed by atoms with Crippen LogP contribution in [0.4, 0.5) is 5.69 Å². The standard InChI is InChI=1S/C14H20Cl2N2O2/c15-5-7-18(8-6-16)13-3-1-11(2-4-13)9-12(17)10-14(19)20/h1-4,12H,5-10,17H2,(H,19,20)/t12-/m0/s1. The van der Waals surface area contributed by atoms with E-state index in [2.05, 4.69) is 4.90 Å². The van der Waals surface area contributed by atoms with Gasteiger partial charge in [-0.15, -0.1) is 23.2 Å². The molecule has 0 saturated carbocycles. The quantitative estimate of drug-likeness (QED) is 0.686. The van der Waals surface area contributed by atoms with E-state index < -0.39 is 5.97 Å². The number of carboxylic acid groups (broad SMARTS) is 1. The monoisotopic (exact) mass is 318 g/mol. The van der Waals surface area contributed by atoms with E-state index >= 15 is 0 Å². The van der Waals surface area contributed by atoms with Gasteiger partial charge in [0.25, 0.3) is 0 Å². The van der Waals surface area contributed by atoms with Gasteiger partial charge in [-0.05, 0) is 24.1 Å². The van der Waals surface area contributed by atoms with Gasteiger partial charge in [0.1, 0.15) is 0 Å². The molecular formula is C14H20Cl2N2O2. The van der Waals surface area contributed by atoms with E-state index in [1.54, 1.807) is 0 Å². The number of rotatable bonds is 9. The minimum absolute atomic E-state index is 0.0215. The number of carboxylic acids is 1. The summed E-state index contributed by atoms with van der Waals surface area (Å²) in [7, 11) is 0. The topological polar surface area (TPSA) is 66.6 Å². The van der Waals surface area contributed by atoms with Gasteiger partial charge in [-0.3, -0.25) is 4.79 Å². The highest BCUT2D eigenvalue weighted by molar-refractivity contribution is 6.18. The highest BCUT2D eigenvalue weighted by Crippen LogP contribution is 2.16. The van der Waals surface area contributed by atoms with Crippen molar-refractivity contribution in [3.63, 3.8) is 0 Å². The smallest absolute Gasteiger partial charge is 0.304 e. The molecule has 0 spiro atoms. The number of hydrogen-bond donors (Lipinski definition) is 2. The number of aliphatic carboxylic acids is 1. The molecule has 1 aromatic rings. The van der Waals surface area contributed by atoms with Gasteiger partial charge < -0.3 is 15.7 Å². The second-order valence-electron chi connectivity index (χ2n) is 4.59. The van der Waals surface area contributed by atoms with Gasteiger partial charge in [-0.1, -0.05) is 12.1 Å². The first-order valence-corrected chi connectivity index (χ1v) is 7.57. The summed E-state index contributed by atoms with van der Waals surface area (Å²) in [5.41, 5.74) is 7.86. The van der Waals surface area contributed by atoms with Crippen LogP contribution in [0.3, 0.4) is 0 Å². The van der Waals surface area contributed by atoms with Gasteiger partial charge in [-0.2, -0.15) is 0 Å². The van der Waals surface area contributed by atoms with Crippen molar-refractivity contribution in [3.8, 4) is 0 Å². The van der Waals surface area contributed by atoms with E-state index in [-0.39, 0.29) is 12.5 Å². The molecule has 0 saturated heterocycles. The molecule has 0 heterocycles. The number of benzene rings is 1. The van der Waals surface area contributed by atoms with Crippen molar-refractivity contribution in [1.82, 2.24) is 0 Å². The third-order valence-corrected chi connectivity index (χ3v) is 3.28. The van der Waals surface area contributed by atoms with Gasteiger partial charge in [0, 0.05) is 36.6 Å². The zero-order valence-electron chi connectivity index (χ0n) is 11.3. The lowest BCUT2D eigenvalue weighted by atomic mass is 10.0. The number of nitrogens with zero attached hydrogens (tertiary/aromatic N) is 1. The number of hydrogen-bond acceptors (Lipinski definition) is 3. The number of alkyl halides is 2. The number of halogens is 2. The highest BCUT2D eigenvalue weighted by atomic mass is 35.5. The van der Waals surface area contributed by atoms with Crippen LogP contribution in [0.15, 0.2) is 24.3 Å². The molecule has 0 aliphatic heterocycles. The Bertz CT molecular complexity index is 406. The van der Waals surface area contributed by atoms with Crippen LogP contribution in [-0.2, 0) is 11.2 Å². The van der Waals surface area contributed by atoms with Crippen molar-refractivity contribution in [1.29, 1.82) is 0 Å². The third kappa shape index (κ3) is 5.99. The molecule has 0 aliphatic carbocycles. The Morgan fingerprint density at radius 1 is 1.20 bits per heavy atom. The molecule has 0 bridgehead atoms. The molecule has 1 rings (SSSR count). The Kier molecular flexibility index (Phi) is 7.73. The Hall–Kier alpha value is -0.970. The lowest BCUT2D eigenvalue weighted by molar-refractivity contribution is -0.137. The molecule has 1 atom stereocenters. The summed E-state index contributed by atoms with van der Waals surface area (Å²) < 4.78 is 0. The fourth-order valence-electron chi connectivity index (χ4n) is 2.02. The van der Waals surface area contributed by atoms with Crippen molar-refractivity contribution >= 4 is 34.9 Å². The lowest BCUT2D eigenvalue weighted by Crippen LogP contribution is -2.28. The third-order valence-electron chi connectivity index (χ3n) is 2.95. The summed E-state index contributed by atoms with van der Waals surface area (Å²) in [4.78, 5) is 12.7. The van der Waals surface area contributed by atoms with Gasteiger partial charge in [0.05, 0.1) is 6.42 Å². The van der Waals surface area contributed by atoms with E-state index in [0.717, 1.165) is 24.3 Å². The van der Waals surface area contributed by atoms with Crippen LogP contribution in [0.1, 0.15) is 12.0 Å². The summed E-state index contributed by atoms with van der Waals surface area (Å²) in [5.74, 6) is 0.217. The van der Waals surface area contributed by atoms with E-state index in [9.17, 15) is 4.79 Å². The highest BCUT2D eigenvalue weighted by Gasteiger charge is 2.10. The van der Waals surface area contributed by atoms with Crippen LogP contribution in [-0.4, -0.2) is 42.0 Å². The summed E-state index contributed by atoms with van der Waals surface area (Å²) >= 11 is 11.5. The van der Waals surface area contributed by atoms with Gasteiger partial charge in [-0.25, -0.2) is 0 Å². The molecule has 0 unspecified atom stereocenters. The molecule has 3 N–H and O–H groups in total. The molecule has 20 heavy (non-hydrogen) atoms. The van der Waals surface area contributed by atoms with Crippen molar-refractivity contribution in [2.45, 2.75) is 18.9 Å². The molecule has 6 heteroatoms. The van der Waals surface area contributed by atoms with E-state index in [4.69, 9.17) is 34.0 Å². The maximum Gasteiger partial charge on any atom is 0.304 e. The van der Waals surface area contributed by atoms with Gasteiger partial charge in [0.2, 0.25) is 0 Å². The molecule has 4 nitrogen and oxygen atoms in total. The molecular weight excluding hydrogens is 299 g/mol. The first-order chi connectivity index (χ1) is 9.56. The molecule has 0 aromatic heterocycles. The van der Waals surface area contributed by atoms with Crippen LogP contribution in [0.25, 0.3) is 0 Å². The normalized spacial score (nSPS) is 12.2. The van der Waals surface area contributed by atoms with Crippen molar-refractivity contribution in [2.24, 2.45) is 5.73 Å². The predicted molar refractivity (Wildman–Crippen MR) is 84.0 cm³/mol. The molecule has 0 aliphatic rings. The van der Waals surface area contributed by atoms with Crippen LogP contribution >= 0.6 is 23.2 Å². The molecule has 112 valence electrons. The minimum atomic E-state index is -0.871. The fraction of sp³-hybridized carbons (Fsp3) is 0.500. The van der Waals surface area contributed by atoms with E-state index in [1.165, 1.54) is 0 Å². The first kappa shape index (κ1) is 17.1. The minimum Gasteiger partial charge on any atom is -0.481 e. The second-order valence-corrected chi connectivity index (χ2v) is 5.35. The number of nitrogens with two attached hydrogens (primary N) is 1. The molecule has 0 amide bonds. The zero-order valence-corrected chi connectivity index (χ0v) is 12.8. The van der Waals surface area contributed by atoms with Gasteiger partial charge in [0.15, 0.2) is 0 Å². The Morgan fingerprint density at radius 2 is 1.75 bits per heavy atom. The maximum atomic E-state index is 10.6. The molecule has 0 fully saturated rings. The van der Waals surface area contributed by atoms with Crippen molar-refractivity contribution in [3.05, 3.63) is 29.8 Å². The largest absolute Gasteiger partial charge is 0.481 e. The first-order valence-electron chi connectivity index (χ1n) is 6.50. The second kappa shape index (κ2) is 9.06. The fourth-order valence-corrected chi connectivity index (χ4v) is 2.42. The van der Waals surface area contributed by atoms with Crippen LogP contribution in [0.5, 0.6) is 0 Å². The Morgan fingerprint density at radius 3 is 2.20 bits per heavy atom. The van der Waals surface area contributed by atoms with Gasteiger partial charge >= 0.3 is 5.97 Å². The average Bonchev–Trinajstić information content (AvgIpc) is 2.38. The van der Waals surface area contributed by atoms with Crippen LogP contribution in [0.2, 0.25) is 0 Å². The predicted octanol–water partition coefficient (Wildman–Crippen LogP) is 2.32. The number of carbonyl (C=O) groups is 1. The summed E-state index contributed by atoms with van der Waals surface area (Å²) in [5, 5.41) is 8.69. The molecule has 0 radical (unpaired) electrons. The van der Waals surface area contributed by atoms with Crippen LogP contribution < -0.4 is 10.6 Å².